The van der Waals surface area contributed by atoms with Crippen LogP contribution in [0.4, 0.5) is 0 Å². The van der Waals surface area contributed by atoms with Gasteiger partial charge in [0.2, 0.25) is 0 Å². The van der Waals surface area contributed by atoms with Crippen molar-refractivity contribution in [2.75, 3.05) is 0 Å². The zero-order valence-corrected chi connectivity index (χ0v) is 13.1. The third-order valence-electron chi connectivity index (χ3n) is 3.80. The molecule has 0 fully saturated rings. The molecule has 0 aliphatic rings. The highest BCUT2D eigenvalue weighted by molar-refractivity contribution is 5.75. The molecule has 1 N–H and O–H groups in total. The number of H-pyrrole nitrogens is 1. The lowest BCUT2D eigenvalue weighted by atomic mass is 9.97. The zero-order valence-electron chi connectivity index (χ0n) is 13.1. The summed E-state index contributed by atoms with van der Waals surface area (Å²) < 4.78 is 0. The van der Waals surface area contributed by atoms with Gasteiger partial charge in [-0.1, -0.05) is 53.6 Å². The van der Waals surface area contributed by atoms with Crippen LogP contribution in [0.5, 0.6) is 0 Å². The molecule has 0 amide bonds. The van der Waals surface area contributed by atoms with Gasteiger partial charge in [0.05, 0.1) is 0 Å². The fourth-order valence-corrected chi connectivity index (χ4v) is 2.68. The van der Waals surface area contributed by atoms with E-state index in [9.17, 15) is 10.1 Å². The smallest absolute Gasteiger partial charge is 0.266 e. The maximum absolute atomic E-state index is 12.3. The van der Waals surface area contributed by atoms with Crippen LogP contribution in [0.25, 0.3) is 22.4 Å². The standard InChI is InChI=1S/C20H16N2O/c1-13-5-3-7-15(9-13)17-11-19(22-20(23)18(17)12-21)16-8-4-6-14(2)10-16/h3-11H,1-2H3,(H,22,23). The van der Waals surface area contributed by atoms with E-state index in [0.717, 1.165) is 22.3 Å². The van der Waals surface area contributed by atoms with Crippen molar-refractivity contribution in [3.63, 3.8) is 0 Å². The van der Waals surface area contributed by atoms with E-state index in [2.05, 4.69) is 4.98 Å². The Bertz CT molecular complexity index is 977. The summed E-state index contributed by atoms with van der Waals surface area (Å²) in [6.07, 6.45) is 0. The average molecular weight is 300 g/mol. The topological polar surface area (TPSA) is 56.6 Å². The van der Waals surface area contributed by atoms with Crippen LogP contribution in [0.3, 0.4) is 0 Å². The summed E-state index contributed by atoms with van der Waals surface area (Å²) in [5.41, 5.74) is 5.18. The van der Waals surface area contributed by atoms with Crippen molar-refractivity contribution in [2.24, 2.45) is 0 Å². The molecule has 0 spiro atoms. The van der Waals surface area contributed by atoms with E-state index in [4.69, 9.17) is 0 Å². The molecule has 0 aliphatic heterocycles. The van der Waals surface area contributed by atoms with Crippen molar-refractivity contribution >= 4 is 0 Å². The molecular formula is C20H16N2O. The van der Waals surface area contributed by atoms with Crippen LogP contribution in [0.1, 0.15) is 16.7 Å². The lowest BCUT2D eigenvalue weighted by Crippen LogP contribution is -2.12. The molecule has 23 heavy (non-hydrogen) atoms. The molecule has 3 aromatic rings. The number of aryl methyl sites for hydroxylation is 2. The Balaban J connectivity index is 2.27. The quantitative estimate of drug-likeness (QED) is 0.771. The molecule has 3 rings (SSSR count). The predicted octanol–water partition coefficient (Wildman–Crippen LogP) is 4.20. The van der Waals surface area contributed by atoms with E-state index in [1.807, 2.05) is 74.5 Å². The normalized spacial score (nSPS) is 10.3. The highest BCUT2D eigenvalue weighted by Gasteiger charge is 2.12. The molecule has 0 atom stereocenters. The maximum Gasteiger partial charge on any atom is 0.266 e. The molecular weight excluding hydrogens is 284 g/mol. The Kier molecular flexibility index (Phi) is 3.82. The summed E-state index contributed by atoms with van der Waals surface area (Å²) >= 11 is 0. The first-order valence-corrected chi connectivity index (χ1v) is 7.40. The molecule has 3 heteroatoms. The van der Waals surface area contributed by atoms with E-state index in [-0.39, 0.29) is 11.1 Å². The van der Waals surface area contributed by atoms with E-state index in [1.54, 1.807) is 0 Å². The molecule has 0 radical (unpaired) electrons. The van der Waals surface area contributed by atoms with Gasteiger partial charge in [-0.25, -0.2) is 0 Å². The third kappa shape index (κ3) is 2.93. The van der Waals surface area contributed by atoms with E-state index in [0.29, 0.717) is 11.3 Å². The molecule has 0 unspecified atom stereocenters. The molecule has 0 bridgehead atoms. The second-order valence-corrected chi connectivity index (χ2v) is 5.65. The number of nitriles is 1. The molecule has 0 saturated heterocycles. The number of hydrogen-bond acceptors (Lipinski definition) is 2. The van der Waals surface area contributed by atoms with Crippen molar-refractivity contribution < 1.29 is 0 Å². The minimum atomic E-state index is -0.358. The summed E-state index contributed by atoms with van der Waals surface area (Å²) in [4.78, 5) is 15.1. The molecule has 112 valence electrons. The zero-order chi connectivity index (χ0) is 16.4. The van der Waals surface area contributed by atoms with Gasteiger partial charge in [-0.3, -0.25) is 4.79 Å². The first kappa shape index (κ1) is 14.8. The maximum atomic E-state index is 12.3. The fraction of sp³-hybridized carbons (Fsp3) is 0.100. The number of nitrogens with zero attached hydrogens (tertiary/aromatic N) is 1. The Labute approximate surface area is 134 Å². The molecule has 2 aromatic carbocycles. The highest BCUT2D eigenvalue weighted by atomic mass is 16.1. The molecule has 0 saturated carbocycles. The number of pyridine rings is 1. The number of rotatable bonds is 2. The first-order valence-electron chi connectivity index (χ1n) is 7.40. The largest absolute Gasteiger partial charge is 0.321 e. The summed E-state index contributed by atoms with van der Waals surface area (Å²) in [5, 5.41) is 9.37. The fourth-order valence-electron chi connectivity index (χ4n) is 2.68. The monoisotopic (exact) mass is 300 g/mol. The van der Waals surface area contributed by atoms with E-state index in [1.165, 1.54) is 0 Å². The van der Waals surface area contributed by atoms with Gasteiger partial charge in [0.1, 0.15) is 11.6 Å². The van der Waals surface area contributed by atoms with Crippen LogP contribution in [0.2, 0.25) is 0 Å². The van der Waals surface area contributed by atoms with Crippen LogP contribution in [0, 0.1) is 25.2 Å². The molecule has 1 aromatic heterocycles. The van der Waals surface area contributed by atoms with E-state index >= 15 is 0 Å². The Hall–Kier alpha value is -3.12. The number of aromatic amines is 1. The van der Waals surface area contributed by atoms with Gasteiger partial charge in [0, 0.05) is 11.3 Å². The van der Waals surface area contributed by atoms with Crippen LogP contribution >= 0.6 is 0 Å². The number of aromatic nitrogens is 1. The Morgan fingerprint density at radius 1 is 0.913 bits per heavy atom. The van der Waals surface area contributed by atoms with Gasteiger partial charge in [-0.15, -0.1) is 0 Å². The van der Waals surface area contributed by atoms with Gasteiger partial charge in [0.15, 0.2) is 0 Å². The van der Waals surface area contributed by atoms with Crippen molar-refractivity contribution in [3.8, 4) is 28.5 Å². The lowest BCUT2D eigenvalue weighted by Gasteiger charge is -2.09. The highest BCUT2D eigenvalue weighted by Crippen LogP contribution is 2.27. The van der Waals surface area contributed by atoms with Crippen molar-refractivity contribution in [2.45, 2.75) is 13.8 Å². The predicted molar refractivity (Wildman–Crippen MR) is 92.1 cm³/mol. The minimum absolute atomic E-state index is 0.145. The van der Waals surface area contributed by atoms with E-state index < -0.39 is 0 Å². The minimum Gasteiger partial charge on any atom is -0.321 e. The van der Waals surface area contributed by atoms with Crippen LogP contribution in [0.15, 0.2) is 59.4 Å². The van der Waals surface area contributed by atoms with Crippen LogP contribution in [-0.4, -0.2) is 4.98 Å². The molecule has 3 nitrogen and oxygen atoms in total. The Morgan fingerprint density at radius 2 is 1.52 bits per heavy atom. The van der Waals surface area contributed by atoms with Gasteiger partial charge < -0.3 is 4.98 Å². The van der Waals surface area contributed by atoms with Gasteiger partial charge in [-0.05, 0) is 37.1 Å². The number of nitrogens with one attached hydrogen (secondary N) is 1. The lowest BCUT2D eigenvalue weighted by molar-refractivity contribution is 1.22. The van der Waals surface area contributed by atoms with Crippen molar-refractivity contribution in [1.29, 1.82) is 5.26 Å². The second kappa shape index (κ2) is 5.94. The second-order valence-electron chi connectivity index (χ2n) is 5.65. The first-order chi connectivity index (χ1) is 11.1. The van der Waals surface area contributed by atoms with Gasteiger partial charge >= 0.3 is 0 Å². The summed E-state index contributed by atoms with van der Waals surface area (Å²) in [6, 6.07) is 19.6. The SMILES string of the molecule is Cc1cccc(-c2cc(-c3cccc(C)c3)c(C#N)c(=O)[nH]2)c1. The molecule has 0 aliphatic carbocycles. The summed E-state index contributed by atoms with van der Waals surface area (Å²) in [5.74, 6) is 0. The van der Waals surface area contributed by atoms with Crippen LogP contribution < -0.4 is 5.56 Å². The van der Waals surface area contributed by atoms with Crippen LogP contribution in [-0.2, 0) is 0 Å². The van der Waals surface area contributed by atoms with Gasteiger partial charge in [0.25, 0.3) is 5.56 Å². The van der Waals surface area contributed by atoms with Crippen molar-refractivity contribution in [3.05, 3.63) is 81.6 Å². The number of benzene rings is 2. The summed E-state index contributed by atoms with van der Waals surface area (Å²) in [6.45, 7) is 4.00. The molecule has 1 heterocycles. The van der Waals surface area contributed by atoms with Gasteiger partial charge in [-0.2, -0.15) is 5.26 Å². The summed E-state index contributed by atoms with van der Waals surface area (Å²) in [7, 11) is 0. The Morgan fingerprint density at radius 3 is 2.13 bits per heavy atom. The average Bonchev–Trinajstić information content (AvgIpc) is 2.54. The van der Waals surface area contributed by atoms with Crippen molar-refractivity contribution in [1.82, 2.24) is 4.98 Å². The number of hydrogen-bond donors (Lipinski definition) is 1. The third-order valence-corrected chi connectivity index (χ3v) is 3.80.